The second-order valence-corrected chi connectivity index (χ2v) is 9.08. The highest BCUT2D eigenvalue weighted by molar-refractivity contribution is 14.1. The third-order valence-corrected chi connectivity index (χ3v) is 6.26. The lowest BCUT2D eigenvalue weighted by molar-refractivity contribution is -0.122. The summed E-state index contributed by atoms with van der Waals surface area (Å²) in [7, 11) is 0. The van der Waals surface area contributed by atoms with Crippen LogP contribution in [-0.4, -0.2) is 41.6 Å². The first kappa shape index (κ1) is 24.1. The molecule has 1 saturated heterocycles. The number of carbonyl (C=O) groups excluding carboxylic acids is 2. The zero-order valence-corrected chi connectivity index (χ0v) is 21.0. The molecule has 0 spiro atoms. The summed E-state index contributed by atoms with van der Waals surface area (Å²) in [5.74, 6) is 0.285. The standard InChI is InChI=1S/C23H24IN3O4S/c1-4-27-22(29)19(32-23(27)26-16-8-6-14(3)7-9-16)12-15-10-17(24)21(31-13-20(25)28)18(11-15)30-5-2/h6-12H,4-5,13H2,1-3H3,(H2,25,28)/b19-12+,26-23?. The van der Waals surface area contributed by atoms with E-state index in [1.165, 1.54) is 11.8 Å². The fraction of sp³-hybridized carbons (Fsp3) is 0.261. The number of aliphatic imine (C=N–C) groups is 1. The minimum absolute atomic E-state index is 0.0922. The first-order valence-corrected chi connectivity index (χ1v) is 12.0. The van der Waals surface area contributed by atoms with Crippen LogP contribution in [0.3, 0.4) is 0 Å². The monoisotopic (exact) mass is 565 g/mol. The van der Waals surface area contributed by atoms with E-state index in [4.69, 9.17) is 15.2 Å². The number of carbonyl (C=O) groups is 2. The van der Waals surface area contributed by atoms with Gasteiger partial charge in [0.05, 0.1) is 20.8 Å². The number of aryl methyl sites for hydroxylation is 1. The number of thioether (sulfide) groups is 1. The average Bonchev–Trinajstić information content (AvgIpc) is 3.03. The molecule has 1 heterocycles. The summed E-state index contributed by atoms with van der Waals surface area (Å²) in [4.78, 5) is 31.0. The molecule has 0 aliphatic carbocycles. The molecule has 1 aliphatic rings. The lowest BCUT2D eigenvalue weighted by Gasteiger charge is -2.14. The Kier molecular flexibility index (Phi) is 8.19. The molecule has 2 aromatic carbocycles. The number of likely N-dealkylation sites (N-methyl/N-ethyl adjacent to an activating group) is 1. The van der Waals surface area contributed by atoms with Crippen molar-refractivity contribution in [2.45, 2.75) is 20.8 Å². The summed E-state index contributed by atoms with van der Waals surface area (Å²) in [6.07, 6.45) is 1.82. The highest BCUT2D eigenvalue weighted by Gasteiger charge is 2.32. The van der Waals surface area contributed by atoms with E-state index in [0.717, 1.165) is 20.4 Å². The Hall–Kier alpha value is -2.53. The number of nitrogens with two attached hydrogens (primary N) is 1. The van der Waals surface area contributed by atoms with Crippen LogP contribution in [0.15, 0.2) is 46.3 Å². The Balaban J connectivity index is 1.93. The van der Waals surface area contributed by atoms with Gasteiger partial charge < -0.3 is 15.2 Å². The number of nitrogens with zero attached hydrogens (tertiary/aromatic N) is 2. The lowest BCUT2D eigenvalue weighted by Crippen LogP contribution is -2.28. The molecule has 2 amide bonds. The van der Waals surface area contributed by atoms with E-state index in [2.05, 4.69) is 27.6 Å². The van der Waals surface area contributed by atoms with E-state index in [9.17, 15) is 9.59 Å². The highest BCUT2D eigenvalue weighted by Crippen LogP contribution is 2.38. The number of amides is 2. The van der Waals surface area contributed by atoms with E-state index < -0.39 is 5.91 Å². The first-order chi connectivity index (χ1) is 15.3. The largest absolute Gasteiger partial charge is 0.490 e. The van der Waals surface area contributed by atoms with Gasteiger partial charge in [0, 0.05) is 6.54 Å². The van der Waals surface area contributed by atoms with Gasteiger partial charge in [-0.3, -0.25) is 14.5 Å². The number of ether oxygens (including phenoxy) is 2. The maximum Gasteiger partial charge on any atom is 0.266 e. The number of benzene rings is 2. The van der Waals surface area contributed by atoms with Gasteiger partial charge >= 0.3 is 0 Å². The molecule has 0 aromatic heterocycles. The number of primary amides is 1. The smallest absolute Gasteiger partial charge is 0.266 e. The van der Waals surface area contributed by atoms with E-state index in [0.29, 0.717) is 34.7 Å². The Morgan fingerprint density at radius 2 is 1.94 bits per heavy atom. The van der Waals surface area contributed by atoms with Crippen molar-refractivity contribution in [3.63, 3.8) is 0 Å². The summed E-state index contributed by atoms with van der Waals surface area (Å²) >= 11 is 3.45. The van der Waals surface area contributed by atoms with E-state index in [1.807, 2.05) is 57.2 Å². The van der Waals surface area contributed by atoms with Crippen molar-refractivity contribution < 1.29 is 19.1 Å². The Bertz CT molecular complexity index is 1080. The Labute approximate surface area is 205 Å². The van der Waals surface area contributed by atoms with E-state index in [-0.39, 0.29) is 12.5 Å². The molecule has 7 nitrogen and oxygen atoms in total. The van der Waals surface area contributed by atoms with Crippen molar-refractivity contribution in [3.05, 3.63) is 56.0 Å². The molecule has 0 atom stereocenters. The predicted molar refractivity (Wildman–Crippen MR) is 136 cm³/mol. The van der Waals surface area contributed by atoms with Gasteiger partial charge in [0.15, 0.2) is 23.3 Å². The number of amidine groups is 1. The molecule has 0 bridgehead atoms. The fourth-order valence-electron chi connectivity index (χ4n) is 2.97. The molecular weight excluding hydrogens is 541 g/mol. The van der Waals surface area contributed by atoms with Gasteiger partial charge in [-0.15, -0.1) is 0 Å². The van der Waals surface area contributed by atoms with Crippen molar-refractivity contribution in [3.8, 4) is 11.5 Å². The third-order valence-electron chi connectivity index (χ3n) is 4.45. The molecule has 2 aromatic rings. The minimum Gasteiger partial charge on any atom is -0.490 e. The van der Waals surface area contributed by atoms with Gasteiger partial charge in [0.1, 0.15) is 0 Å². The lowest BCUT2D eigenvalue weighted by atomic mass is 10.2. The first-order valence-electron chi connectivity index (χ1n) is 10.1. The zero-order valence-electron chi connectivity index (χ0n) is 18.1. The summed E-state index contributed by atoms with van der Waals surface area (Å²) in [5, 5.41) is 0.647. The number of halogens is 1. The van der Waals surface area contributed by atoms with Crippen molar-refractivity contribution in [1.82, 2.24) is 4.90 Å². The van der Waals surface area contributed by atoms with Crippen molar-refractivity contribution in [2.75, 3.05) is 19.8 Å². The second-order valence-electron chi connectivity index (χ2n) is 6.91. The van der Waals surface area contributed by atoms with Crippen LogP contribution >= 0.6 is 34.4 Å². The summed E-state index contributed by atoms with van der Waals surface area (Å²) in [6.45, 7) is 6.51. The van der Waals surface area contributed by atoms with Gasteiger partial charge in [-0.05, 0) is 91.0 Å². The Morgan fingerprint density at radius 1 is 1.22 bits per heavy atom. The van der Waals surface area contributed by atoms with Gasteiger partial charge in [-0.2, -0.15) is 0 Å². The predicted octanol–water partition coefficient (Wildman–Crippen LogP) is 4.49. The maximum atomic E-state index is 13.0. The second kappa shape index (κ2) is 10.9. The normalized spacial score (nSPS) is 16.1. The zero-order chi connectivity index (χ0) is 23.3. The number of hydrogen-bond acceptors (Lipinski definition) is 6. The molecule has 2 N–H and O–H groups in total. The number of hydrogen-bond donors (Lipinski definition) is 1. The molecule has 32 heavy (non-hydrogen) atoms. The van der Waals surface area contributed by atoms with Crippen LogP contribution in [-0.2, 0) is 9.59 Å². The molecule has 0 saturated carbocycles. The van der Waals surface area contributed by atoms with Crippen LogP contribution < -0.4 is 15.2 Å². The third kappa shape index (κ3) is 5.83. The molecular formula is C23H24IN3O4S. The highest BCUT2D eigenvalue weighted by atomic mass is 127. The maximum absolute atomic E-state index is 13.0. The van der Waals surface area contributed by atoms with Crippen LogP contribution in [0.1, 0.15) is 25.0 Å². The molecule has 168 valence electrons. The van der Waals surface area contributed by atoms with E-state index in [1.54, 1.807) is 11.0 Å². The van der Waals surface area contributed by atoms with Crippen LogP contribution in [0.2, 0.25) is 0 Å². The molecule has 9 heteroatoms. The quantitative estimate of drug-likeness (QED) is 0.376. The molecule has 1 aliphatic heterocycles. The van der Waals surface area contributed by atoms with Gasteiger partial charge in [-0.1, -0.05) is 17.7 Å². The Morgan fingerprint density at radius 3 is 2.56 bits per heavy atom. The minimum atomic E-state index is -0.567. The van der Waals surface area contributed by atoms with Crippen LogP contribution in [0.5, 0.6) is 11.5 Å². The number of rotatable bonds is 8. The topological polar surface area (TPSA) is 94.2 Å². The van der Waals surface area contributed by atoms with Crippen LogP contribution in [0.25, 0.3) is 6.08 Å². The van der Waals surface area contributed by atoms with Crippen molar-refractivity contribution in [1.29, 1.82) is 0 Å². The summed E-state index contributed by atoms with van der Waals surface area (Å²) in [6, 6.07) is 11.5. The fourth-order valence-corrected chi connectivity index (χ4v) is 4.81. The molecule has 3 rings (SSSR count). The average molecular weight is 565 g/mol. The van der Waals surface area contributed by atoms with Gasteiger partial charge in [-0.25, -0.2) is 4.99 Å². The molecule has 1 fully saturated rings. The van der Waals surface area contributed by atoms with Gasteiger partial charge in [0.25, 0.3) is 11.8 Å². The summed E-state index contributed by atoms with van der Waals surface area (Å²) < 4.78 is 12.0. The summed E-state index contributed by atoms with van der Waals surface area (Å²) in [5.41, 5.74) is 7.94. The molecule has 0 unspecified atom stereocenters. The van der Waals surface area contributed by atoms with Crippen LogP contribution in [0, 0.1) is 10.5 Å². The van der Waals surface area contributed by atoms with Gasteiger partial charge in [0.2, 0.25) is 0 Å². The van der Waals surface area contributed by atoms with Crippen molar-refractivity contribution >= 4 is 63.1 Å². The van der Waals surface area contributed by atoms with Crippen LogP contribution in [0.4, 0.5) is 5.69 Å². The SMILES string of the molecule is CCOc1cc(/C=C2/SC(=Nc3ccc(C)cc3)N(CC)C2=O)cc(I)c1OCC(N)=O. The molecule has 0 radical (unpaired) electrons. The van der Waals surface area contributed by atoms with E-state index >= 15 is 0 Å². The van der Waals surface area contributed by atoms with Crippen molar-refractivity contribution in [2.24, 2.45) is 10.7 Å².